The zero-order valence-corrected chi connectivity index (χ0v) is 9.07. The van der Waals surface area contributed by atoms with Crippen molar-refractivity contribution in [2.45, 2.75) is 24.1 Å². The van der Waals surface area contributed by atoms with Crippen LogP contribution in [-0.4, -0.2) is 27.8 Å². The molecule has 0 saturated carbocycles. The molecule has 13 heavy (non-hydrogen) atoms. The Hall–Kier alpha value is 0.240. The molecule has 2 nitrogen and oxygen atoms in total. The third-order valence-corrected chi connectivity index (χ3v) is 3.62. The van der Waals surface area contributed by atoms with Crippen molar-refractivity contribution in [3.63, 3.8) is 0 Å². The van der Waals surface area contributed by atoms with E-state index in [1.54, 1.807) is 0 Å². The van der Waals surface area contributed by atoms with Crippen LogP contribution >= 0.6 is 23.2 Å². The standard InChI is InChI=1S/C9H14Cl2O2/c1-6-2-7(4-12)8(5-13)3-9(6,10)11/h6,12-13H,2-5H2,1H3. The van der Waals surface area contributed by atoms with Crippen molar-refractivity contribution < 1.29 is 10.2 Å². The summed E-state index contributed by atoms with van der Waals surface area (Å²) in [6.45, 7) is 1.87. The van der Waals surface area contributed by atoms with Crippen LogP contribution in [0.25, 0.3) is 0 Å². The summed E-state index contributed by atoms with van der Waals surface area (Å²) in [7, 11) is 0. The molecule has 0 aromatic heterocycles. The van der Waals surface area contributed by atoms with Crippen LogP contribution in [0.15, 0.2) is 11.1 Å². The van der Waals surface area contributed by atoms with Crippen LogP contribution in [0.2, 0.25) is 0 Å². The molecule has 1 rings (SSSR count). The smallest absolute Gasteiger partial charge is 0.124 e. The quantitative estimate of drug-likeness (QED) is 0.556. The molecular formula is C9H14Cl2O2. The van der Waals surface area contributed by atoms with E-state index in [9.17, 15) is 0 Å². The van der Waals surface area contributed by atoms with E-state index in [0.29, 0.717) is 12.8 Å². The van der Waals surface area contributed by atoms with Gasteiger partial charge in [0.25, 0.3) is 0 Å². The Morgan fingerprint density at radius 3 is 2.31 bits per heavy atom. The van der Waals surface area contributed by atoms with Crippen molar-refractivity contribution in [3.8, 4) is 0 Å². The topological polar surface area (TPSA) is 40.5 Å². The summed E-state index contributed by atoms with van der Waals surface area (Å²) in [4.78, 5) is 0. The lowest BCUT2D eigenvalue weighted by atomic mass is 9.84. The summed E-state index contributed by atoms with van der Waals surface area (Å²) in [6.07, 6.45) is 1.11. The van der Waals surface area contributed by atoms with Gasteiger partial charge in [-0.15, -0.1) is 23.2 Å². The van der Waals surface area contributed by atoms with Gasteiger partial charge in [-0.3, -0.25) is 0 Å². The minimum absolute atomic E-state index is 0.00983. The number of halogens is 2. The lowest BCUT2D eigenvalue weighted by Gasteiger charge is -2.34. The first-order valence-corrected chi connectivity index (χ1v) is 5.06. The first-order valence-electron chi connectivity index (χ1n) is 4.30. The van der Waals surface area contributed by atoms with E-state index in [2.05, 4.69) is 0 Å². The maximum Gasteiger partial charge on any atom is 0.124 e. The van der Waals surface area contributed by atoms with Gasteiger partial charge in [0.2, 0.25) is 0 Å². The lowest BCUT2D eigenvalue weighted by Crippen LogP contribution is -2.30. The Labute approximate surface area is 88.2 Å². The third kappa shape index (κ3) is 2.38. The second-order valence-corrected chi connectivity index (χ2v) is 5.11. The van der Waals surface area contributed by atoms with Crippen molar-refractivity contribution in [2.75, 3.05) is 13.2 Å². The van der Waals surface area contributed by atoms with Gasteiger partial charge >= 0.3 is 0 Å². The first-order chi connectivity index (χ1) is 6.01. The Kier molecular flexibility index (Phi) is 3.64. The summed E-state index contributed by atoms with van der Waals surface area (Å²) in [6, 6.07) is 0. The highest BCUT2D eigenvalue weighted by Gasteiger charge is 2.37. The maximum atomic E-state index is 9.03. The number of rotatable bonds is 2. The monoisotopic (exact) mass is 224 g/mol. The van der Waals surface area contributed by atoms with Gasteiger partial charge in [-0.05, 0) is 23.5 Å². The predicted molar refractivity (Wildman–Crippen MR) is 54.0 cm³/mol. The Morgan fingerprint density at radius 2 is 1.85 bits per heavy atom. The van der Waals surface area contributed by atoms with Crippen LogP contribution in [0.1, 0.15) is 19.8 Å². The van der Waals surface area contributed by atoms with E-state index in [-0.39, 0.29) is 19.1 Å². The molecule has 0 amide bonds. The van der Waals surface area contributed by atoms with Crippen LogP contribution in [0, 0.1) is 5.92 Å². The summed E-state index contributed by atoms with van der Waals surface area (Å²) in [5.74, 6) is 0.119. The molecule has 0 aliphatic heterocycles. The molecule has 2 N–H and O–H groups in total. The van der Waals surface area contributed by atoms with E-state index in [1.807, 2.05) is 6.92 Å². The molecule has 0 fully saturated rings. The molecule has 0 bridgehead atoms. The number of hydrogen-bond donors (Lipinski definition) is 2. The molecule has 1 aliphatic rings. The van der Waals surface area contributed by atoms with Crippen LogP contribution in [-0.2, 0) is 0 Å². The zero-order chi connectivity index (χ0) is 10.1. The molecule has 1 atom stereocenters. The predicted octanol–water partition coefficient (Wildman–Crippen LogP) is 1.87. The second-order valence-electron chi connectivity index (χ2n) is 3.57. The van der Waals surface area contributed by atoms with E-state index < -0.39 is 4.33 Å². The van der Waals surface area contributed by atoms with Gasteiger partial charge in [0.05, 0.1) is 13.2 Å². The SMILES string of the molecule is CC1CC(CO)=C(CO)CC1(Cl)Cl. The number of aliphatic hydroxyl groups excluding tert-OH is 2. The normalized spacial score (nSPS) is 27.9. The second kappa shape index (κ2) is 4.18. The molecule has 0 saturated heterocycles. The summed E-state index contributed by atoms with van der Waals surface area (Å²) in [5.41, 5.74) is 1.66. The molecule has 4 heteroatoms. The molecule has 76 valence electrons. The summed E-state index contributed by atoms with van der Waals surface area (Å²) in [5, 5.41) is 18.1. The van der Waals surface area contributed by atoms with Gasteiger partial charge in [-0.2, -0.15) is 0 Å². The highest BCUT2D eigenvalue weighted by atomic mass is 35.5. The fraction of sp³-hybridized carbons (Fsp3) is 0.778. The fourth-order valence-corrected chi connectivity index (χ4v) is 2.07. The first kappa shape index (κ1) is 11.3. The average Bonchev–Trinajstić information content (AvgIpc) is 2.08. The van der Waals surface area contributed by atoms with Gasteiger partial charge in [-0.25, -0.2) is 0 Å². The van der Waals surface area contributed by atoms with Gasteiger partial charge in [0.15, 0.2) is 0 Å². The van der Waals surface area contributed by atoms with E-state index >= 15 is 0 Å². The average molecular weight is 225 g/mol. The molecular weight excluding hydrogens is 211 g/mol. The fourth-order valence-electron chi connectivity index (χ4n) is 1.59. The Morgan fingerprint density at radius 1 is 1.31 bits per heavy atom. The molecule has 1 unspecified atom stereocenters. The Balaban J connectivity index is 2.88. The van der Waals surface area contributed by atoms with Crippen molar-refractivity contribution in [2.24, 2.45) is 5.92 Å². The van der Waals surface area contributed by atoms with Crippen LogP contribution in [0.5, 0.6) is 0 Å². The van der Waals surface area contributed by atoms with Gasteiger partial charge in [0, 0.05) is 6.42 Å². The number of aliphatic hydroxyl groups is 2. The zero-order valence-electron chi connectivity index (χ0n) is 7.56. The van der Waals surface area contributed by atoms with Crippen LogP contribution in [0.3, 0.4) is 0 Å². The molecule has 0 spiro atoms. The molecule has 0 radical (unpaired) electrons. The van der Waals surface area contributed by atoms with Crippen LogP contribution < -0.4 is 0 Å². The third-order valence-electron chi connectivity index (χ3n) is 2.60. The summed E-state index contributed by atoms with van der Waals surface area (Å²) < 4.78 is -0.795. The molecule has 1 aliphatic carbocycles. The number of hydrogen-bond acceptors (Lipinski definition) is 2. The van der Waals surface area contributed by atoms with Crippen LogP contribution in [0.4, 0.5) is 0 Å². The van der Waals surface area contributed by atoms with Crippen molar-refractivity contribution >= 4 is 23.2 Å². The Bertz CT molecular complexity index is 224. The highest BCUT2D eigenvalue weighted by Crippen LogP contribution is 2.44. The maximum absolute atomic E-state index is 9.03. The summed E-state index contributed by atoms with van der Waals surface area (Å²) >= 11 is 12.1. The molecule has 0 aromatic rings. The van der Waals surface area contributed by atoms with E-state index in [4.69, 9.17) is 33.4 Å². The van der Waals surface area contributed by atoms with Crippen molar-refractivity contribution in [1.82, 2.24) is 0 Å². The number of alkyl halides is 2. The largest absolute Gasteiger partial charge is 0.392 e. The van der Waals surface area contributed by atoms with E-state index in [1.165, 1.54) is 0 Å². The van der Waals surface area contributed by atoms with Gasteiger partial charge in [-0.1, -0.05) is 6.92 Å². The van der Waals surface area contributed by atoms with E-state index in [0.717, 1.165) is 11.1 Å². The minimum atomic E-state index is -0.795. The highest BCUT2D eigenvalue weighted by molar-refractivity contribution is 6.48. The lowest BCUT2D eigenvalue weighted by molar-refractivity contribution is 0.282. The molecule has 0 heterocycles. The van der Waals surface area contributed by atoms with Gasteiger partial charge < -0.3 is 10.2 Å². The minimum Gasteiger partial charge on any atom is -0.392 e. The van der Waals surface area contributed by atoms with Crippen molar-refractivity contribution in [1.29, 1.82) is 0 Å². The van der Waals surface area contributed by atoms with Gasteiger partial charge in [0.1, 0.15) is 4.33 Å². The molecule has 0 aromatic carbocycles. The van der Waals surface area contributed by atoms with Crippen molar-refractivity contribution in [3.05, 3.63) is 11.1 Å².